The predicted molar refractivity (Wildman–Crippen MR) is 42.4 cm³/mol. The van der Waals surface area contributed by atoms with Crippen LogP contribution in [-0.2, 0) is 0 Å². The topological polar surface area (TPSA) is 9.23 Å². The van der Waals surface area contributed by atoms with Crippen molar-refractivity contribution >= 4 is 7.85 Å². The summed E-state index contributed by atoms with van der Waals surface area (Å²) in [6.45, 7) is 0.225. The van der Waals surface area contributed by atoms with E-state index in [1.165, 1.54) is 6.07 Å². The van der Waals surface area contributed by atoms with Crippen LogP contribution in [0.3, 0.4) is 0 Å². The molecule has 0 fully saturated rings. The van der Waals surface area contributed by atoms with Gasteiger partial charge in [-0.05, 0) is 12.1 Å². The standard InChI is InChI=1S/C8H7BF2O/c9-3-4-12-8-2-1-6(10)5-7(8)11/h1-2,5H,3-4H2. The molecule has 4 heteroatoms. The first-order valence-electron chi connectivity index (χ1n) is 3.52. The molecule has 1 aromatic rings. The van der Waals surface area contributed by atoms with Crippen molar-refractivity contribution in [2.24, 2.45) is 0 Å². The van der Waals surface area contributed by atoms with Gasteiger partial charge in [0.1, 0.15) is 5.82 Å². The van der Waals surface area contributed by atoms with Gasteiger partial charge >= 0.3 is 0 Å². The average Bonchev–Trinajstić information content (AvgIpc) is 2.03. The summed E-state index contributed by atoms with van der Waals surface area (Å²) in [7, 11) is 5.13. The Labute approximate surface area is 70.8 Å². The van der Waals surface area contributed by atoms with E-state index in [1.807, 2.05) is 0 Å². The Hall–Kier alpha value is -1.06. The molecule has 0 amide bonds. The van der Waals surface area contributed by atoms with Crippen molar-refractivity contribution < 1.29 is 13.5 Å². The monoisotopic (exact) mass is 168 g/mol. The zero-order valence-electron chi connectivity index (χ0n) is 6.39. The van der Waals surface area contributed by atoms with Crippen molar-refractivity contribution in [1.29, 1.82) is 0 Å². The molecule has 12 heavy (non-hydrogen) atoms. The number of halogens is 2. The Morgan fingerprint density at radius 2 is 2.08 bits per heavy atom. The zero-order chi connectivity index (χ0) is 8.97. The lowest BCUT2D eigenvalue weighted by Gasteiger charge is -2.04. The van der Waals surface area contributed by atoms with Crippen LogP contribution in [0.2, 0.25) is 6.32 Å². The molecule has 1 aromatic carbocycles. The highest BCUT2D eigenvalue weighted by Crippen LogP contribution is 2.17. The molecule has 0 saturated carbocycles. The number of benzene rings is 1. The highest BCUT2D eigenvalue weighted by molar-refractivity contribution is 6.08. The molecule has 1 rings (SSSR count). The van der Waals surface area contributed by atoms with Gasteiger partial charge < -0.3 is 4.74 Å². The molecule has 0 unspecified atom stereocenters. The van der Waals surface area contributed by atoms with E-state index < -0.39 is 11.6 Å². The molecule has 0 aliphatic heterocycles. The summed E-state index contributed by atoms with van der Waals surface area (Å²) in [5.41, 5.74) is 0. The van der Waals surface area contributed by atoms with Gasteiger partial charge in [-0.15, -0.1) is 0 Å². The van der Waals surface area contributed by atoms with E-state index in [-0.39, 0.29) is 12.4 Å². The fourth-order valence-electron chi connectivity index (χ4n) is 0.761. The number of hydrogen-bond acceptors (Lipinski definition) is 1. The quantitative estimate of drug-likeness (QED) is 0.626. The average molecular weight is 168 g/mol. The molecule has 1 nitrogen and oxygen atoms in total. The van der Waals surface area contributed by atoms with Crippen LogP contribution in [0.4, 0.5) is 8.78 Å². The predicted octanol–water partition coefficient (Wildman–Crippen LogP) is 1.93. The lowest BCUT2D eigenvalue weighted by Crippen LogP contribution is -1.98. The minimum atomic E-state index is -0.705. The van der Waals surface area contributed by atoms with Gasteiger partial charge in [0.25, 0.3) is 0 Å². The smallest absolute Gasteiger partial charge is 0.167 e. The maximum Gasteiger partial charge on any atom is 0.167 e. The Morgan fingerprint density at radius 3 is 2.67 bits per heavy atom. The van der Waals surface area contributed by atoms with Crippen LogP contribution >= 0.6 is 0 Å². The highest BCUT2D eigenvalue weighted by Gasteiger charge is 2.02. The van der Waals surface area contributed by atoms with Crippen molar-refractivity contribution in [3.05, 3.63) is 29.8 Å². The second-order valence-corrected chi connectivity index (χ2v) is 2.21. The van der Waals surface area contributed by atoms with Crippen LogP contribution < -0.4 is 4.74 Å². The fourth-order valence-corrected chi connectivity index (χ4v) is 0.761. The lowest BCUT2D eigenvalue weighted by atomic mass is 10.1. The summed E-state index contributed by atoms with van der Waals surface area (Å²) < 4.78 is 30.0. The molecule has 0 aliphatic carbocycles. The summed E-state index contributed by atoms with van der Waals surface area (Å²) in [5.74, 6) is -1.29. The summed E-state index contributed by atoms with van der Waals surface area (Å²) in [4.78, 5) is 0. The van der Waals surface area contributed by atoms with Gasteiger partial charge in [-0.25, -0.2) is 8.78 Å². The van der Waals surface area contributed by atoms with Crippen LogP contribution in [0.15, 0.2) is 18.2 Å². The Kier molecular flexibility index (Phi) is 3.08. The van der Waals surface area contributed by atoms with Gasteiger partial charge in [0.05, 0.1) is 14.5 Å². The molecule has 0 spiro atoms. The first-order chi connectivity index (χ1) is 5.74. The van der Waals surface area contributed by atoms with Crippen molar-refractivity contribution in [1.82, 2.24) is 0 Å². The van der Waals surface area contributed by atoms with Gasteiger partial charge in [-0.3, -0.25) is 0 Å². The third kappa shape index (κ3) is 2.22. The Balaban J connectivity index is 2.72. The Bertz CT molecular complexity index is 265. The third-order valence-electron chi connectivity index (χ3n) is 1.27. The van der Waals surface area contributed by atoms with Crippen molar-refractivity contribution in [3.63, 3.8) is 0 Å². The van der Waals surface area contributed by atoms with E-state index in [2.05, 4.69) is 0 Å². The third-order valence-corrected chi connectivity index (χ3v) is 1.27. The van der Waals surface area contributed by atoms with Crippen LogP contribution in [0, 0.1) is 11.6 Å². The fraction of sp³-hybridized carbons (Fsp3) is 0.250. The van der Waals surface area contributed by atoms with Gasteiger partial charge in [-0.1, -0.05) is 6.32 Å². The Morgan fingerprint density at radius 1 is 1.33 bits per heavy atom. The van der Waals surface area contributed by atoms with Gasteiger partial charge in [0, 0.05) is 6.07 Å². The van der Waals surface area contributed by atoms with Crippen molar-refractivity contribution in [3.8, 4) is 5.75 Å². The molecular formula is C8H7BF2O. The van der Waals surface area contributed by atoms with Crippen LogP contribution in [0.1, 0.15) is 0 Å². The highest BCUT2D eigenvalue weighted by atomic mass is 19.1. The molecule has 0 saturated heterocycles. The maximum atomic E-state index is 12.8. The number of hydrogen-bond donors (Lipinski definition) is 0. The summed E-state index contributed by atoms with van der Waals surface area (Å²) in [6.07, 6.45) is 0.302. The van der Waals surface area contributed by atoms with E-state index in [9.17, 15) is 8.78 Å². The van der Waals surface area contributed by atoms with Gasteiger partial charge in [0.2, 0.25) is 0 Å². The van der Waals surface area contributed by atoms with Crippen molar-refractivity contribution in [2.45, 2.75) is 6.32 Å². The molecule has 0 N–H and O–H groups in total. The molecule has 0 aromatic heterocycles. The van der Waals surface area contributed by atoms with E-state index in [0.717, 1.165) is 12.1 Å². The molecule has 0 aliphatic rings. The number of rotatable bonds is 3. The second-order valence-electron chi connectivity index (χ2n) is 2.21. The summed E-state index contributed by atoms with van der Waals surface area (Å²) in [5, 5.41) is 0. The van der Waals surface area contributed by atoms with E-state index in [0.29, 0.717) is 6.32 Å². The van der Waals surface area contributed by atoms with Crippen molar-refractivity contribution in [2.75, 3.05) is 6.61 Å². The normalized spacial score (nSPS) is 9.83. The first kappa shape index (κ1) is 9.04. The zero-order valence-corrected chi connectivity index (χ0v) is 6.39. The largest absolute Gasteiger partial charge is 0.491 e. The molecule has 2 radical (unpaired) electrons. The second kappa shape index (κ2) is 4.09. The molecule has 0 atom stereocenters. The summed E-state index contributed by atoms with van der Waals surface area (Å²) in [6, 6.07) is 3.14. The SMILES string of the molecule is [B]CCOc1ccc(F)cc1F. The summed E-state index contributed by atoms with van der Waals surface area (Å²) >= 11 is 0. The molecular weight excluding hydrogens is 161 g/mol. The van der Waals surface area contributed by atoms with Crippen LogP contribution in [-0.4, -0.2) is 14.5 Å². The van der Waals surface area contributed by atoms with Crippen LogP contribution in [0.25, 0.3) is 0 Å². The number of ether oxygens (including phenoxy) is 1. The molecule has 62 valence electrons. The minimum absolute atomic E-state index is 0.0295. The molecule has 0 bridgehead atoms. The molecule has 0 heterocycles. The van der Waals surface area contributed by atoms with Crippen LogP contribution in [0.5, 0.6) is 5.75 Å². The lowest BCUT2D eigenvalue weighted by molar-refractivity contribution is 0.320. The van der Waals surface area contributed by atoms with E-state index in [1.54, 1.807) is 0 Å². The van der Waals surface area contributed by atoms with Gasteiger partial charge in [-0.2, -0.15) is 0 Å². The first-order valence-corrected chi connectivity index (χ1v) is 3.52. The van der Waals surface area contributed by atoms with Gasteiger partial charge in [0.15, 0.2) is 11.6 Å². The maximum absolute atomic E-state index is 12.8. The van der Waals surface area contributed by atoms with E-state index >= 15 is 0 Å². The minimum Gasteiger partial charge on any atom is -0.491 e. The van der Waals surface area contributed by atoms with E-state index in [4.69, 9.17) is 12.6 Å².